The molecule has 1 heterocycles. The minimum Gasteiger partial charge on any atom is -0.459 e. The van der Waals surface area contributed by atoms with E-state index in [2.05, 4.69) is 10.3 Å². The van der Waals surface area contributed by atoms with Gasteiger partial charge in [0.15, 0.2) is 0 Å². The second-order valence-corrected chi connectivity index (χ2v) is 6.86. The number of fused-ring (bicyclic) bond motifs is 1. The lowest BCUT2D eigenvalue weighted by molar-refractivity contribution is -0.152. The number of aromatic nitrogens is 1. The van der Waals surface area contributed by atoms with E-state index >= 15 is 0 Å². The number of benzene rings is 1. The van der Waals surface area contributed by atoms with Crippen LogP contribution in [0.1, 0.15) is 20.8 Å². The van der Waals surface area contributed by atoms with Crippen LogP contribution in [0.3, 0.4) is 0 Å². The minimum absolute atomic E-state index is 0.00690. The van der Waals surface area contributed by atoms with Crippen LogP contribution < -0.4 is 5.32 Å². The average Bonchev–Trinajstić information content (AvgIpc) is 2.39. The van der Waals surface area contributed by atoms with Crippen molar-refractivity contribution in [3.63, 3.8) is 0 Å². The molecule has 0 aliphatic carbocycles. The standard InChI is InChI=1S/C15H15Cl3N2O2/c1-15(2,3)22-12(21)7-19-10-6-11(17)20-14-8(10)4-5-9(16)13(14)18/h4-6H,7H2,1-3H3,(H,19,20). The highest BCUT2D eigenvalue weighted by Crippen LogP contribution is 2.34. The molecule has 0 aliphatic rings. The number of nitrogens with one attached hydrogen (secondary N) is 1. The number of anilines is 1. The Kier molecular flexibility index (Phi) is 5.05. The molecular weight excluding hydrogens is 347 g/mol. The van der Waals surface area contributed by atoms with Gasteiger partial charge in [0.05, 0.1) is 15.6 Å². The predicted octanol–water partition coefficient (Wildman–Crippen LogP) is 4.95. The lowest BCUT2D eigenvalue weighted by Crippen LogP contribution is -2.28. The lowest BCUT2D eigenvalue weighted by atomic mass is 10.2. The Bertz CT molecular complexity index is 727. The molecule has 0 spiro atoms. The minimum atomic E-state index is -0.534. The maximum atomic E-state index is 11.8. The van der Waals surface area contributed by atoms with Crippen LogP contribution in [0.4, 0.5) is 5.69 Å². The Balaban J connectivity index is 2.28. The molecule has 1 N–H and O–H groups in total. The number of carbonyl (C=O) groups is 1. The van der Waals surface area contributed by atoms with E-state index in [1.807, 2.05) is 20.8 Å². The maximum Gasteiger partial charge on any atom is 0.325 e. The summed E-state index contributed by atoms with van der Waals surface area (Å²) < 4.78 is 5.25. The molecule has 2 aromatic rings. The molecule has 7 heteroatoms. The summed E-state index contributed by atoms with van der Waals surface area (Å²) in [6, 6.07) is 5.06. The van der Waals surface area contributed by atoms with Gasteiger partial charge in [-0.05, 0) is 39.0 Å². The van der Waals surface area contributed by atoms with Crippen LogP contribution in [0, 0.1) is 0 Å². The molecule has 0 unspecified atom stereocenters. The zero-order chi connectivity index (χ0) is 16.5. The zero-order valence-electron chi connectivity index (χ0n) is 12.3. The van der Waals surface area contributed by atoms with Gasteiger partial charge >= 0.3 is 5.97 Å². The van der Waals surface area contributed by atoms with E-state index in [0.717, 1.165) is 5.39 Å². The Morgan fingerprint density at radius 3 is 2.59 bits per heavy atom. The van der Waals surface area contributed by atoms with E-state index in [4.69, 9.17) is 39.5 Å². The summed E-state index contributed by atoms with van der Waals surface area (Å²) in [5.41, 5.74) is 0.584. The topological polar surface area (TPSA) is 51.2 Å². The molecule has 0 saturated heterocycles. The Hall–Kier alpha value is -1.23. The fourth-order valence-electron chi connectivity index (χ4n) is 1.89. The molecule has 0 amide bonds. The molecule has 1 aromatic heterocycles. The average molecular weight is 362 g/mol. The lowest BCUT2D eigenvalue weighted by Gasteiger charge is -2.20. The fourth-order valence-corrected chi connectivity index (χ4v) is 2.45. The second-order valence-electron chi connectivity index (χ2n) is 5.69. The van der Waals surface area contributed by atoms with Crippen molar-refractivity contribution in [3.8, 4) is 0 Å². The number of carbonyl (C=O) groups excluding carboxylic acids is 1. The summed E-state index contributed by atoms with van der Waals surface area (Å²) in [5.74, 6) is -0.367. The maximum absolute atomic E-state index is 11.8. The Labute approximate surface area is 143 Å². The van der Waals surface area contributed by atoms with Gasteiger partial charge in [0.2, 0.25) is 0 Å². The van der Waals surface area contributed by atoms with Crippen LogP contribution >= 0.6 is 34.8 Å². The van der Waals surface area contributed by atoms with Crippen LogP contribution in [0.5, 0.6) is 0 Å². The first-order valence-electron chi connectivity index (χ1n) is 6.57. The Morgan fingerprint density at radius 1 is 1.27 bits per heavy atom. The fraction of sp³-hybridized carbons (Fsp3) is 0.333. The van der Waals surface area contributed by atoms with E-state index in [1.54, 1.807) is 18.2 Å². The van der Waals surface area contributed by atoms with Gasteiger partial charge in [0, 0.05) is 11.1 Å². The van der Waals surface area contributed by atoms with Gasteiger partial charge in [-0.2, -0.15) is 0 Å². The zero-order valence-corrected chi connectivity index (χ0v) is 14.6. The summed E-state index contributed by atoms with van der Waals surface area (Å²) in [5, 5.41) is 4.69. The summed E-state index contributed by atoms with van der Waals surface area (Å²) >= 11 is 18.1. The van der Waals surface area contributed by atoms with Gasteiger partial charge in [-0.1, -0.05) is 34.8 Å². The highest BCUT2D eigenvalue weighted by molar-refractivity contribution is 6.45. The van der Waals surface area contributed by atoms with Crippen molar-refractivity contribution in [2.24, 2.45) is 0 Å². The predicted molar refractivity (Wildman–Crippen MR) is 91.1 cm³/mol. The van der Waals surface area contributed by atoms with Crippen LogP contribution in [-0.2, 0) is 9.53 Å². The number of ether oxygens (including phenoxy) is 1. The normalized spacial score (nSPS) is 11.5. The molecule has 4 nitrogen and oxygen atoms in total. The smallest absolute Gasteiger partial charge is 0.325 e. The second kappa shape index (κ2) is 6.49. The summed E-state index contributed by atoms with van der Waals surface area (Å²) in [6.07, 6.45) is 0. The van der Waals surface area contributed by atoms with E-state index < -0.39 is 5.60 Å². The molecule has 2 rings (SSSR count). The number of halogens is 3. The number of rotatable bonds is 3. The van der Waals surface area contributed by atoms with Gasteiger partial charge in [-0.25, -0.2) is 4.98 Å². The highest BCUT2D eigenvalue weighted by atomic mass is 35.5. The van der Waals surface area contributed by atoms with Crippen molar-refractivity contribution in [3.05, 3.63) is 33.4 Å². The van der Waals surface area contributed by atoms with Gasteiger partial charge < -0.3 is 10.1 Å². The molecule has 0 bridgehead atoms. The number of esters is 1. The van der Waals surface area contributed by atoms with Crippen molar-refractivity contribution < 1.29 is 9.53 Å². The van der Waals surface area contributed by atoms with Crippen molar-refractivity contribution >= 4 is 57.4 Å². The van der Waals surface area contributed by atoms with E-state index in [0.29, 0.717) is 21.2 Å². The van der Waals surface area contributed by atoms with E-state index in [1.165, 1.54) is 0 Å². The quantitative estimate of drug-likeness (QED) is 0.621. The molecule has 0 radical (unpaired) electrons. The monoisotopic (exact) mass is 360 g/mol. The molecule has 0 fully saturated rings. The van der Waals surface area contributed by atoms with Crippen molar-refractivity contribution in [1.82, 2.24) is 4.98 Å². The number of hydrogen-bond donors (Lipinski definition) is 1. The number of nitrogens with zero attached hydrogens (tertiary/aromatic N) is 1. The summed E-state index contributed by atoms with van der Waals surface area (Å²) in [7, 11) is 0. The largest absolute Gasteiger partial charge is 0.459 e. The SMILES string of the molecule is CC(C)(C)OC(=O)CNc1cc(Cl)nc2c(Cl)c(Cl)ccc12. The summed E-state index contributed by atoms with van der Waals surface area (Å²) in [6.45, 7) is 5.44. The third-order valence-electron chi connectivity index (χ3n) is 2.68. The molecule has 118 valence electrons. The van der Waals surface area contributed by atoms with Gasteiger partial charge in [-0.15, -0.1) is 0 Å². The van der Waals surface area contributed by atoms with Crippen molar-refractivity contribution in [2.45, 2.75) is 26.4 Å². The molecule has 1 aromatic carbocycles. The van der Waals surface area contributed by atoms with E-state index in [-0.39, 0.29) is 17.7 Å². The van der Waals surface area contributed by atoms with Crippen LogP contribution in [0.2, 0.25) is 15.2 Å². The van der Waals surface area contributed by atoms with Gasteiger partial charge in [-0.3, -0.25) is 4.79 Å². The highest BCUT2D eigenvalue weighted by Gasteiger charge is 2.17. The first kappa shape index (κ1) is 17.1. The summed E-state index contributed by atoms with van der Waals surface area (Å²) in [4.78, 5) is 16.0. The van der Waals surface area contributed by atoms with Crippen LogP contribution in [0.25, 0.3) is 10.9 Å². The molecule has 0 saturated carbocycles. The first-order chi connectivity index (χ1) is 10.2. The molecular formula is C15H15Cl3N2O2. The molecule has 0 atom stereocenters. The van der Waals surface area contributed by atoms with Crippen molar-refractivity contribution in [1.29, 1.82) is 0 Å². The Morgan fingerprint density at radius 2 is 1.95 bits per heavy atom. The van der Waals surface area contributed by atoms with Gasteiger partial charge in [0.25, 0.3) is 0 Å². The van der Waals surface area contributed by atoms with Gasteiger partial charge in [0.1, 0.15) is 17.3 Å². The molecule has 0 aliphatic heterocycles. The number of hydrogen-bond acceptors (Lipinski definition) is 4. The van der Waals surface area contributed by atoms with Crippen molar-refractivity contribution in [2.75, 3.05) is 11.9 Å². The third kappa shape index (κ3) is 4.15. The van der Waals surface area contributed by atoms with Crippen LogP contribution in [0.15, 0.2) is 18.2 Å². The first-order valence-corrected chi connectivity index (χ1v) is 7.71. The van der Waals surface area contributed by atoms with Crippen LogP contribution in [-0.4, -0.2) is 23.1 Å². The third-order valence-corrected chi connectivity index (χ3v) is 3.67. The molecule has 22 heavy (non-hydrogen) atoms. The number of pyridine rings is 1. The van der Waals surface area contributed by atoms with E-state index in [9.17, 15) is 4.79 Å².